The topological polar surface area (TPSA) is 94.0 Å². The lowest BCUT2D eigenvalue weighted by atomic mass is 10.3. The van der Waals surface area contributed by atoms with Crippen LogP contribution in [0.3, 0.4) is 0 Å². The van der Waals surface area contributed by atoms with Gasteiger partial charge >= 0.3 is 0 Å². The second-order valence-corrected chi connectivity index (χ2v) is 6.07. The summed E-state index contributed by atoms with van der Waals surface area (Å²) in [5.41, 5.74) is 3.56. The highest BCUT2D eigenvalue weighted by atomic mass is 79.9. The van der Waals surface area contributed by atoms with E-state index in [2.05, 4.69) is 31.7 Å². The number of hydrogen-bond donors (Lipinski definition) is 1. The number of rotatable bonds is 4. The van der Waals surface area contributed by atoms with Crippen molar-refractivity contribution in [3.8, 4) is 0 Å². The van der Waals surface area contributed by atoms with E-state index in [1.54, 1.807) is 18.2 Å². The summed E-state index contributed by atoms with van der Waals surface area (Å²) >= 11 is 3.30. The van der Waals surface area contributed by atoms with Gasteiger partial charge in [0.25, 0.3) is 0 Å². The van der Waals surface area contributed by atoms with E-state index in [0.29, 0.717) is 11.4 Å². The molecule has 0 saturated heterocycles. The molecule has 0 aliphatic rings. The molecule has 0 radical (unpaired) electrons. The number of nitrogens with zero attached hydrogens (tertiary/aromatic N) is 2. The molecule has 1 N–H and O–H groups in total. The summed E-state index contributed by atoms with van der Waals surface area (Å²) in [6.07, 6.45) is 0. The average molecular weight is 355 g/mol. The molecule has 0 aliphatic carbocycles. The molecule has 0 saturated carbocycles. The predicted octanol–water partition coefficient (Wildman–Crippen LogP) is 3.46. The number of hydrogen-bond acceptors (Lipinski definition) is 5. The molecule has 8 heteroatoms. The van der Waals surface area contributed by atoms with Crippen LogP contribution in [0.2, 0.25) is 0 Å². The van der Waals surface area contributed by atoms with E-state index < -0.39 is 10.1 Å². The highest BCUT2D eigenvalue weighted by Gasteiger charge is 2.01. The van der Waals surface area contributed by atoms with Gasteiger partial charge in [-0.25, -0.2) is 8.42 Å². The summed E-state index contributed by atoms with van der Waals surface area (Å²) < 4.78 is 33.5. The maximum absolute atomic E-state index is 10.9. The smallest absolute Gasteiger partial charge is 0.124 e. The first-order valence-corrected chi connectivity index (χ1v) is 7.63. The van der Waals surface area contributed by atoms with Gasteiger partial charge in [0.05, 0.1) is 16.3 Å². The second-order valence-electron chi connectivity index (χ2n) is 3.77. The van der Waals surface area contributed by atoms with Gasteiger partial charge in [-0.3, -0.25) is 5.43 Å². The van der Waals surface area contributed by atoms with Crippen LogP contribution in [-0.4, -0.2) is 13.0 Å². The molecular weight excluding hydrogens is 346 g/mol. The van der Waals surface area contributed by atoms with Crippen molar-refractivity contribution >= 4 is 37.4 Å². The second kappa shape index (κ2) is 6.12. The molecule has 0 bridgehead atoms. The molecule has 0 fully saturated rings. The van der Waals surface area contributed by atoms with Gasteiger partial charge in [-0.05, 0) is 42.5 Å². The molecule has 0 aromatic heterocycles. The molecule has 6 nitrogen and oxygen atoms in total. The van der Waals surface area contributed by atoms with E-state index in [9.17, 15) is 13.0 Å². The first-order valence-electron chi connectivity index (χ1n) is 5.43. The van der Waals surface area contributed by atoms with Gasteiger partial charge in [0.1, 0.15) is 10.1 Å². The van der Waals surface area contributed by atoms with Gasteiger partial charge < -0.3 is 4.55 Å². The summed E-state index contributed by atoms with van der Waals surface area (Å²) in [5, 5.41) is 7.63. The third-order valence-corrected chi connectivity index (χ3v) is 3.65. The van der Waals surface area contributed by atoms with Gasteiger partial charge in [-0.15, -0.1) is 5.11 Å². The number of nitrogens with one attached hydrogen (secondary N) is 1. The average Bonchev–Trinajstić information content (AvgIpc) is 2.40. The lowest BCUT2D eigenvalue weighted by Crippen LogP contribution is -1.99. The Bertz CT molecular complexity index is 730. The van der Waals surface area contributed by atoms with Crippen LogP contribution in [0, 0.1) is 0 Å². The van der Waals surface area contributed by atoms with E-state index >= 15 is 0 Å². The van der Waals surface area contributed by atoms with Gasteiger partial charge in [0.2, 0.25) is 0 Å². The summed E-state index contributed by atoms with van der Waals surface area (Å²) in [4.78, 5) is -0.318. The van der Waals surface area contributed by atoms with Crippen LogP contribution in [0.25, 0.3) is 0 Å². The van der Waals surface area contributed by atoms with Crippen molar-refractivity contribution in [2.45, 2.75) is 4.90 Å². The zero-order chi connectivity index (χ0) is 14.6. The monoisotopic (exact) mass is 354 g/mol. The van der Waals surface area contributed by atoms with Gasteiger partial charge in [0, 0.05) is 4.47 Å². The third-order valence-electron chi connectivity index (χ3n) is 2.29. The molecule has 2 aromatic carbocycles. The molecule has 0 atom stereocenters. The maximum Gasteiger partial charge on any atom is 0.124 e. The molecule has 0 amide bonds. The summed E-state index contributed by atoms with van der Waals surface area (Å²) in [5.74, 6) is 0. The zero-order valence-corrected chi connectivity index (χ0v) is 12.4. The summed E-state index contributed by atoms with van der Waals surface area (Å²) in [6.45, 7) is 0. The van der Waals surface area contributed by atoms with Crippen LogP contribution >= 0.6 is 15.9 Å². The largest absolute Gasteiger partial charge is 0.744 e. The van der Waals surface area contributed by atoms with Crippen molar-refractivity contribution in [1.29, 1.82) is 0 Å². The van der Waals surface area contributed by atoms with Crippen molar-refractivity contribution in [2.24, 2.45) is 10.3 Å². The Morgan fingerprint density at radius 3 is 2.45 bits per heavy atom. The van der Waals surface area contributed by atoms with Crippen molar-refractivity contribution in [2.75, 3.05) is 5.43 Å². The minimum atomic E-state index is -4.47. The quantitative estimate of drug-likeness (QED) is 0.516. The number of benzene rings is 2. The van der Waals surface area contributed by atoms with Crippen LogP contribution in [0.5, 0.6) is 0 Å². The van der Waals surface area contributed by atoms with Crippen molar-refractivity contribution in [1.82, 2.24) is 0 Å². The Morgan fingerprint density at radius 2 is 1.80 bits per heavy atom. The Balaban J connectivity index is 2.09. The van der Waals surface area contributed by atoms with E-state index in [4.69, 9.17) is 0 Å². The molecule has 0 heterocycles. The van der Waals surface area contributed by atoms with Crippen LogP contribution < -0.4 is 5.43 Å². The van der Waals surface area contributed by atoms with E-state index in [1.165, 1.54) is 18.2 Å². The summed E-state index contributed by atoms with van der Waals surface area (Å²) in [6, 6.07) is 12.6. The SMILES string of the molecule is O=S(=O)([O-])c1cccc(NN=Nc2ccc(Br)cc2)c1. The Morgan fingerprint density at radius 1 is 1.10 bits per heavy atom. The fourth-order valence-electron chi connectivity index (χ4n) is 1.37. The molecule has 0 aliphatic heterocycles. The molecular formula is C12H9BrN3O3S-. The van der Waals surface area contributed by atoms with Crippen LogP contribution in [0.15, 0.2) is 68.2 Å². The molecule has 0 spiro atoms. The molecule has 2 aromatic rings. The number of halogens is 1. The first-order chi connectivity index (χ1) is 9.45. The zero-order valence-electron chi connectivity index (χ0n) is 10.0. The highest BCUT2D eigenvalue weighted by Crippen LogP contribution is 2.18. The normalized spacial score (nSPS) is 11.7. The van der Waals surface area contributed by atoms with E-state index in [-0.39, 0.29) is 4.90 Å². The lowest BCUT2D eigenvalue weighted by molar-refractivity contribution is 0.463. The van der Waals surface area contributed by atoms with Crippen LogP contribution in [0.4, 0.5) is 11.4 Å². The molecule has 2 rings (SSSR count). The molecule has 0 unspecified atom stereocenters. The van der Waals surface area contributed by atoms with E-state index in [0.717, 1.165) is 4.47 Å². The maximum atomic E-state index is 10.9. The Hall–Kier alpha value is -1.77. The third kappa shape index (κ3) is 4.12. The first kappa shape index (κ1) is 14.6. The van der Waals surface area contributed by atoms with Gasteiger partial charge in [0.15, 0.2) is 0 Å². The Kier molecular flexibility index (Phi) is 4.48. The Labute approximate surface area is 124 Å². The van der Waals surface area contributed by atoms with E-state index in [1.807, 2.05) is 12.1 Å². The fourth-order valence-corrected chi connectivity index (χ4v) is 2.15. The predicted molar refractivity (Wildman–Crippen MR) is 76.7 cm³/mol. The molecule has 104 valence electrons. The van der Waals surface area contributed by atoms with Gasteiger partial charge in [-0.1, -0.05) is 27.2 Å². The minimum Gasteiger partial charge on any atom is -0.744 e. The van der Waals surface area contributed by atoms with Crippen molar-refractivity contribution < 1.29 is 13.0 Å². The molecule has 20 heavy (non-hydrogen) atoms. The van der Waals surface area contributed by atoms with Crippen molar-refractivity contribution in [3.63, 3.8) is 0 Å². The van der Waals surface area contributed by atoms with Crippen molar-refractivity contribution in [3.05, 3.63) is 53.0 Å². The minimum absolute atomic E-state index is 0.318. The standard InChI is InChI=1S/C12H10BrN3O3S/c13-9-4-6-10(7-5-9)14-16-15-11-2-1-3-12(8-11)20(17,18)19/h1-8H,(H,14,15)(H,17,18,19)/p-1. The van der Waals surface area contributed by atoms with Crippen LogP contribution in [0.1, 0.15) is 0 Å². The fraction of sp³-hybridized carbons (Fsp3) is 0. The van der Waals surface area contributed by atoms with Crippen LogP contribution in [-0.2, 0) is 10.1 Å². The summed E-state index contributed by atoms with van der Waals surface area (Å²) in [7, 11) is -4.47. The highest BCUT2D eigenvalue weighted by molar-refractivity contribution is 9.10. The lowest BCUT2D eigenvalue weighted by Gasteiger charge is -2.07. The number of anilines is 1. The van der Waals surface area contributed by atoms with Gasteiger partial charge in [-0.2, -0.15) is 0 Å².